The van der Waals surface area contributed by atoms with Crippen LogP contribution in [0.4, 0.5) is 4.79 Å². The van der Waals surface area contributed by atoms with E-state index in [1.54, 1.807) is 18.5 Å². The minimum Gasteiger partial charge on any atom is -0.376 e. The van der Waals surface area contributed by atoms with Crippen molar-refractivity contribution in [2.24, 2.45) is 0 Å². The Morgan fingerprint density at radius 2 is 2.31 bits per heavy atom. The lowest BCUT2D eigenvalue weighted by Gasteiger charge is -2.19. The maximum atomic E-state index is 12.3. The van der Waals surface area contributed by atoms with Crippen molar-refractivity contribution in [3.8, 4) is 0 Å². The SMILES string of the molecule is CC[C@]1(C)NC(=O)N(NC(=O)CSc2nnnn2C[C@H]2CCCO2)C1=O. The Bertz CT molecular complexity index is 705. The van der Waals surface area contributed by atoms with Crippen LogP contribution in [0.25, 0.3) is 0 Å². The van der Waals surface area contributed by atoms with Crippen molar-refractivity contribution in [2.45, 2.75) is 56.5 Å². The second-order valence-corrected chi connectivity index (χ2v) is 7.30. The fourth-order valence-corrected chi connectivity index (χ4v) is 3.39. The van der Waals surface area contributed by atoms with Gasteiger partial charge in [-0.05, 0) is 36.6 Å². The predicted molar refractivity (Wildman–Crippen MR) is 89.7 cm³/mol. The third-order valence-corrected chi connectivity index (χ3v) is 5.39. The molecule has 2 aliphatic rings. The van der Waals surface area contributed by atoms with Gasteiger partial charge in [-0.3, -0.25) is 15.0 Å². The highest BCUT2D eigenvalue weighted by Gasteiger charge is 2.47. The zero-order valence-electron chi connectivity index (χ0n) is 14.6. The lowest BCUT2D eigenvalue weighted by molar-refractivity contribution is -0.137. The summed E-state index contributed by atoms with van der Waals surface area (Å²) in [5.41, 5.74) is 1.34. The van der Waals surface area contributed by atoms with Crippen LogP contribution in [0.15, 0.2) is 5.16 Å². The molecule has 2 aliphatic heterocycles. The van der Waals surface area contributed by atoms with E-state index in [9.17, 15) is 14.4 Å². The first kappa shape index (κ1) is 18.6. The topological polar surface area (TPSA) is 131 Å². The molecule has 3 heterocycles. The van der Waals surface area contributed by atoms with Crippen LogP contribution >= 0.6 is 11.8 Å². The molecule has 2 atom stereocenters. The Kier molecular flexibility index (Phi) is 5.41. The summed E-state index contributed by atoms with van der Waals surface area (Å²) in [6.07, 6.45) is 2.47. The van der Waals surface area contributed by atoms with Crippen molar-refractivity contribution in [3.05, 3.63) is 0 Å². The molecular formula is C14H21N7O4S. The molecule has 0 unspecified atom stereocenters. The van der Waals surface area contributed by atoms with Crippen LogP contribution < -0.4 is 10.7 Å². The number of nitrogens with zero attached hydrogens (tertiary/aromatic N) is 5. The van der Waals surface area contributed by atoms with Crippen molar-refractivity contribution in [1.82, 2.24) is 36.0 Å². The second-order valence-electron chi connectivity index (χ2n) is 6.36. The molecular weight excluding hydrogens is 362 g/mol. The smallest absolute Gasteiger partial charge is 0.344 e. The van der Waals surface area contributed by atoms with E-state index in [1.807, 2.05) is 0 Å². The summed E-state index contributed by atoms with van der Waals surface area (Å²) in [7, 11) is 0. The molecule has 1 aromatic heterocycles. The third kappa shape index (κ3) is 3.80. The van der Waals surface area contributed by atoms with E-state index in [1.165, 1.54) is 0 Å². The highest BCUT2D eigenvalue weighted by Crippen LogP contribution is 2.20. The van der Waals surface area contributed by atoms with Gasteiger partial charge in [0.15, 0.2) is 0 Å². The summed E-state index contributed by atoms with van der Waals surface area (Å²) in [6.45, 7) is 4.67. The van der Waals surface area contributed by atoms with Crippen molar-refractivity contribution in [3.63, 3.8) is 0 Å². The van der Waals surface area contributed by atoms with Crippen molar-refractivity contribution >= 4 is 29.6 Å². The molecule has 11 nitrogen and oxygen atoms in total. The normalized spacial score (nSPS) is 25.6. The van der Waals surface area contributed by atoms with Gasteiger partial charge in [-0.15, -0.1) is 5.10 Å². The maximum absolute atomic E-state index is 12.3. The van der Waals surface area contributed by atoms with Crippen LogP contribution in [0, 0.1) is 0 Å². The van der Waals surface area contributed by atoms with Crippen molar-refractivity contribution in [1.29, 1.82) is 0 Å². The number of thioether (sulfide) groups is 1. The Morgan fingerprint density at radius 1 is 1.50 bits per heavy atom. The van der Waals surface area contributed by atoms with Crippen LogP contribution in [0.3, 0.4) is 0 Å². The highest BCUT2D eigenvalue weighted by molar-refractivity contribution is 7.99. The largest absolute Gasteiger partial charge is 0.376 e. The number of aromatic nitrogens is 4. The van der Waals surface area contributed by atoms with Gasteiger partial charge in [-0.25, -0.2) is 9.48 Å². The summed E-state index contributed by atoms with van der Waals surface area (Å²) in [5, 5.41) is 15.2. The van der Waals surface area contributed by atoms with E-state index in [4.69, 9.17) is 4.74 Å². The van der Waals surface area contributed by atoms with Gasteiger partial charge in [0, 0.05) is 6.61 Å². The Hall–Kier alpha value is -2.21. The van der Waals surface area contributed by atoms with Crippen LogP contribution in [-0.4, -0.2) is 67.1 Å². The van der Waals surface area contributed by atoms with Crippen molar-refractivity contribution < 1.29 is 19.1 Å². The van der Waals surface area contributed by atoms with Crippen LogP contribution in [0.5, 0.6) is 0 Å². The predicted octanol–water partition coefficient (Wildman–Crippen LogP) is -0.304. The number of carbonyl (C=O) groups excluding carboxylic acids is 3. The van der Waals surface area contributed by atoms with Crippen LogP contribution in [-0.2, 0) is 20.9 Å². The van der Waals surface area contributed by atoms with Crippen molar-refractivity contribution in [2.75, 3.05) is 12.4 Å². The van der Waals surface area contributed by atoms with Crippen LogP contribution in [0.1, 0.15) is 33.1 Å². The van der Waals surface area contributed by atoms with E-state index in [-0.39, 0.29) is 11.9 Å². The number of hydrazine groups is 1. The lowest BCUT2D eigenvalue weighted by Crippen LogP contribution is -2.49. The van der Waals surface area contributed by atoms with Gasteiger partial charge in [-0.1, -0.05) is 18.7 Å². The zero-order valence-corrected chi connectivity index (χ0v) is 15.4. The molecule has 1 aromatic rings. The van der Waals surface area contributed by atoms with Crippen LogP contribution in [0.2, 0.25) is 0 Å². The van der Waals surface area contributed by atoms with E-state index in [0.717, 1.165) is 36.2 Å². The van der Waals surface area contributed by atoms with Gasteiger partial charge in [0.1, 0.15) is 5.54 Å². The standard InChI is InChI=1S/C14H21N7O4S/c1-3-14(2)11(23)21(12(24)15-14)17-10(22)8-26-13-16-18-19-20(13)7-9-5-4-6-25-9/h9H,3-8H2,1-2H3,(H,15,24)(H,17,22)/t9-,14+/m1/s1. The van der Waals surface area contributed by atoms with E-state index in [2.05, 4.69) is 26.3 Å². The Balaban J connectivity index is 1.53. The summed E-state index contributed by atoms with van der Waals surface area (Å²) in [4.78, 5) is 36.3. The monoisotopic (exact) mass is 383 g/mol. The molecule has 142 valence electrons. The maximum Gasteiger partial charge on any atom is 0.344 e. The molecule has 3 rings (SSSR count). The number of ether oxygens (including phenoxy) is 1. The first-order valence-corrected chi connectivity index (χ1v) is 9.38. The molecule has 0 spiro atoms. The molecule has 2 fully saturated rings. The number of hydrogen-bond donors (Lipinski definition) is 2. The molecule has 0 aliphatic carbocycles. The molecule has 0 bridgehead atoms. The number of tetrazole rings is 1. The first-order valence-electron chi connectivity index (χ1n) is 8.39. The average Bonchev–Trinajstić information content (AvgIpc) is 3.32. The number of imide groups is 1. The molecule has 0 radical (unpaired) electrons. The van der Waals surface area contributed by atoms with Gasteiger partial charge in [-0.2, -0.15) is 5.01 Å². The number of amides is 4. The Morgan fingerprint density at radius 3 is 2.96 bits per heavy atom. The number of hydrogen-bond acceptors (Lipinski definition) is 8. The van der Waals surface area contributed by atoms with Gasteiger partial charge in [0.05, 0.1) is 18.4 Å². The zero-order chi connectivity index (χ0) is 18.7. The van der Waals surface area contributed by atoms with Gasteiger partial charge in [0.2, 0.25) is 11.1 Å². The van der Waals surface area contributed by atoms with E-state index >= 15 is 0 Å². The number of rotatable bonds is 7. The third-order valence-electron chi connectivity index (χ3n) is 4.44. The molecule has 2 saturated heterocycles. The molecule has 0 aromatic carbocycles. The number of nitrogens with one attached hydrogen (secondary N) is 2. The number of urea groups is 1. The Labute approximate surface area is 154 Å². The first-order chi connectivity index (χ1) is 12.4. The minimum atomic E-state index is -0.997. The molecule has 2 N–H and O–H groups in total. The second kappa shape index (κ2) is 7.58. The van der Waals surface area contributed by atoms with Gasteiger partial charge in [0.25, 0.3) is 5.91 Å². The fraction of sp³-hybridized carbons (Fsp3) is 0.714. The van der Waals surface area contributed by atoms with Gasteiger partial charge < -0.3 is 10.1 Å². The highest BCUT2D eigenvalue weighted by atomic mass is 32.2. The summed E-state index contributed by atoms with van der Waals surface area (Å²) in [6, 6.07) is -0.638. The fourth-order valence-electron chi connectivity index (χ4n) is 2.71. The number of carbonyl (C=O) groups is 3. The molecule has 26 heavy (non-hydrogen) atoms. The quantitative estimate of drug-likeness (QED) is 0.484. The summed E-state index contributed by atoms with van der Waals surface area (Å²) >= 11 is 1.13. The molecule has 12 heteroatoms. The minimum absolute atomic E-state index is 0.0359. The van der Waals surface area contributed by atoms with E-state index in [0.29, 0.717) is 18.1 Å². The lowest BCUT2D eigenvalue weighted by atomic mass is 10.00. The van der Waals surface area contributed by atoms with Gasteiger partial charge >= 0.3 is 6.03 Å². The van der Waals surface area contributed by atoms with E-state index < -0.39 is 23.4 Å². The average molecular weight is 383 g/mol. The molecule has 4 amide bonds. The summed E-state index contributed by atoms with van der Waals surface area (Å²) < 4.78 is 7.15. The summed E-state index contributed by atoms with van der Waals surface area (Å²) in [5.74, 6) is -1.01. The molecule has 0 saturated carbocycles.